The van der Waals surface area contributed by atoms with E-state index in [4.69, 9.17) is 5.84 Å². The van der Waals surface area contributed by atoms with Crippen molar-refractivity contribution >= 4 is 6.72 Å². The molecule has 0 aromatic heterocycles. The van der Waals surface area contributed by atoms with E-state index in [2.05, 4.69) is 18.6 Å². The first-order chi connectivity index (χ1) is 8.74. The van der Waals surface area contributed by atoms with Crippen LogP contribution in [0.1, 0.15) is 73.6 Å². The number of hydrogen-bond acceptors (Lipinski definition) is 3. The predicted octanol–water partition coefficient (Wildman–Crippen LogP) is 4.75. The van der Waals surface area contributed by atoms with Gasteiger partial charge in [0, 0.05) is 12.7 Å². The Morgan fingerprint density at radius 3 is 2.06 bits per heavy atom. The molecule has 110 valence electrons. The number of nitrogens with two attached hydrogens (primary N) is 1. The van der Waals surface area contributed by atoms with Gasteiger partial charge >= 0.3 is 0 Å². The summed E-state index contributed by atoms with van der Waals surface area (Å²) < 4.78 is 0. The molecule has 0 radical (unpaired) electrons. The van der Waals surface area contributed by atoms with E-state index in [0.717, 1.165) is 18.7 Å². The van der Waals surface area contributed by atoms with Crippen LogP contribution in [-0.2, 0) is 0 Å². The smallest absolute Gasteiger partial charge is 0.0569 e. The van der Waals surface area contributed by atoms with Gasteiger partial charge in [-0.3, -0.25) is 4.99 Å². The molecular weight excluding hydrogens is 222 g/mol. The molecule has 0 unspecified atom stereocenters. The molecule has 2 N–H and O–H groups in total. The lowest BCUT2D eigenvalue weighted by Gasteiger charge is -2.11. The van der Waals surface area contributed by atoms with Gasteiger partial charge in [0.1, 0.15) is 0 Å². The van der Waals surface area contributed by atoms with Gasteiger partial charge in [-0.2, -0.15) is 0 Å². The molecule has 0 aliphatic rings. The monoisotopic (exact) mass is 257 g/mol. The van der Waals surface area contributed by atoms with Gasteiger partial charge in [-0.05, 0) is 26.5 Å². The molecule has 0 spiro atoms. The molecule has 0 rings (SSSR count). The van der Waals surface area contributed by atoms with Crippen LogP contribution in [0.2, 0.25) is 0 Å². The van der Waals surface area contributed by atoms with Crippen LogP contribution in [-0.4, -0.2) is 18.3 Å². The van der Waals surface area contributed by atoms with Gasteiger partial charge in [0.15, 0.2) is 0 Å². The lowest BCUT2D eigenvalue weighted by molar-refractivity contribution is 0.411. The molecule has 0 saturated heterocycles. The van der Waals surface area contributed by atoms with Crippen molar-refractivity contribution in [3.8, 4) is 0 Å². The van der Waals surface area contributed by atoms with Crippen molar-refractivity contribution in [2.24, 2.45) is 10.8 Å². The largest absolute Gasteiger partial charge is 0.317 e. The zero-order valence-electron chi connectivity index (χ0n) is 13.5. The Balaban J connectivity index is -0.000000506. The van der Waals surface area contributed by atoms with Gasteiger partial charge in [0.25, 0.3) is 0 Å². The molecule has 3 heteroatoms. The minimum atomic E-state index is 0.800. The second kappa shape index (κ2) is 21.5. The molecule has 3 nitrogen and oxygen atoms in total. The molecule has 0 aromatic carbocycles. The van der Waals surface area contributed by atoms with Gasteiger partial charge in [-0.25, -0.2) is 5.84 Å². The van der Waals surface area contributed by atoms with E-state index in [0.29, 0.717) is 0 Å². The fourth-order valence-electron chi connectivity index (χ4n) is 1.20. The van der Waals surface area contributed by atoms with Crippen molar-refractivity contribution in [3.05, 3.63) is 11.9 Å². The highest BCUT2D eigenvalue weighted by Gasteiger charge is 1.96. The fourth-order valence-corrected chi connectivity index (χ4v) is 1.20. The van der Waals surface area contributed by atoms with E-state index < -0.39 is 0 Å². The van der Waals surface area contributed by atoms with E-state index in [1.54, 1.807) is 5.01 Å². The van der Waals surface area contributed by atoms with Crippen molar-refractivity contribution in [1.82, 2.24) is 5.01 Å². The van der Waals surface area contributed by atoms with Crippen molar-refractivity contribution in [2.75, 3.05) is 6.54 Å². The Bertz CT molecular complexity index is 177. The molecule has 0 aliphatic heterocycles. The van der Waals surface area contributed by atoms with E-state index in [1.807, 2.05) is 40.8 Å². The molecule has 0 aliphatic carbocycles. The van der Waals surface area contributed by atoms with Crippen LogP contribution in [0.4, 0.5) is 0 Å². The zero-order valence-corrected chi connectivity index (χ0v) is 13.5. The molecule has 0 bridgehead atoms. The topological polar surface area (TPSA) is 41.6 Å². The van der Waals surface area contributed by atoms with Crippen molar-refractivity contribution < 1.29 is 0 Å². The Hall–Kier alpha value is -0.830. The summed E-state index contributed by atoms with van der Waals surface area (Å²) in [7, 11) is 0. The molecular formula is C15H35N3. The van der Waals surface area contributed by atoms with Crippen molar-refractivity contribution in [2.45, 2.75) is 73.6 Å². The Labute approximate surface area is 115 Å². The van der Waals surface area contributed by atoms with E-state index >= 15 is 0 Å². The first kappa shape index (κ1) is 22.4. The summed E-state index contributed by atoms with van der Waals surface area (Å²) in [4.78, 5) is 3.96. The SMILES string of the molecule is C=N/C(=C\N(N)CC)CCCCCC.CC.CC. The molecule has 0 fully saturated rings. The van der Waals surface area contributed by atoms with Crippen LogP contribution in [0.3, 0.4) is 0 Å². The van der Waals surface area contributed by atoms with Crippen LogP contribution < -0.4 is 5.84 Å². The fraction of sp³-hybridized carbons (Fsp3) is 0.800. The molecule has 0 amide bonds. The number of unbranched alkanes of at least 4 members (excludes halogenated alkanes) is 3. The first-order valence-electron chi connectivity index (χ1n) is 7.43. The number of rotatable bonds is 8. The van der Waals surface area contributed by atoms with E-state index in [-0.39, 0.29) is 0 Å². The summed E-state index contributed by atoms with van der Waals surface area (Å²) in [6, 6.07) is 0. The van der Waals surface area contributed by atoms with E-state index in [9.17, 15) is 0 Å². The molecule has 0 saturated carbocycles. The summed E-state index contributed by atoms with van der Waals surface area (Å²) in [6.07, 6.45) is 7.86. The third-order valence-electron chi connectivity index (χ3n) is 2.17. The van der Waals surface area contributed by atoms with Gasteiger partial charge in [0.05, 0.1) is 5.70 Å². The summed E-state index contributed by atoms with van der Waals surface area (Å²) in [5, 5.41) is 1.64. The minimum absolute atomic E-state index is 0.800. The molecule has 0 heterocycles. The summed E-state index contributed by atoms with van der Waals surface area (Å²) in [6.45, 7) is 16.6. The normalized spacial score (nSPS) is 9.61. The van der Waals surface area contributed by atoms with Gasteiger partial charge in [-0.15, -0.1) is 0 Å². The Kier molecular flexibility index (Phi) is 26.6. The number of nitrogens with zero attached hydrogens (tertiary/aromatic N) is 2. The van der Waals surface area contributed by atoms with Crippen molar-refractivity contribution in [3.63, 3.8) is 0 Å². The van der Waals surface area contributed by atoms with Crippen LogP contribution >= 0.6 is 0 Å². The second-order valence-electron chi connectivity index (χ2n) is 3.42. The van der Waals surface area contributed by atoms with Crippen LogP contribution in [0.5, 0.6) is 0 Å². The van der Waals surface area contributed by atoms with Crippen molar-refractivity contribution in [1.29, 1.82) is 0 Å². The maximum absolute atomic E-state index is 5.65. The molecule has 0 aromatic rings. The summed E-state index contributed by atoms with van der Waals surface area (Å²) in [5.41, 5.74) is 0.991. The number of aliphatic imine (C=N–C) groups is 1. The quantitative estimate of drug-likeness (QED) is 0.295. The lowest BCUT2D eigenvalue weighted by atomic mass is 10.1. The predicted molar refractivity (Wildman–Crippen MR) is 85.7 cm³/mol. The van der Waals surface area contributed by atoms with Crippen LogP contribution in [0.15, 0.2) is 16.9 Å². The van der Waals surface area contributed by atoms with Gasteiger partial charge in [-0.1, -0.05) is 53.9 Å². The first-order valence-corrected chi connectivity index (χ1v) is 7.43. The number of hydrazine groups is 1. The van der Waals surface area contributed by atoms with Gasteiger partial charge in [0.2, 0.25) is 0 Å². The highest BCUT2D eigenvalue weighted by atomic mass is 15.4. The second-order valence-corrected chi connectivity index (χ2v) is 3.42. The third-order valence-corrected chi connectivity index (χ3v) is 2.17. The maximum atomic E-state index is 5.65. The molecule has 18 heavy (non-hydrogen) atoms. The average Bonchev–Trinajstić information content (AvgIpc) is 2.46. The van der Waals surface area contributed by atoms with Crippen LogP contribution in [0, 0.1) is 0 Å². The minimum Gasteiger partial charge on any atom is -0.317 e. The average molecular weight is 257 g/mol. The zero-order chi connectivity index (χ0) is 14.8. The maximum Gasteiger partial charge on any atom is 0.0569 e. The summed E-state index contributed by atoms with van der Waals surface area (Å²) in [5.74, 6) is 5.65. The third kappa shape index (κ3) is 17.6. The van der Waals surface area contributed by atoms with Crippen LogP contribution in [0.25, 0.3) is 0 Å². The summed E-state index contributed by atoms with van der Waals surface area (Å²) >= 11 is 0. The Morgan fingerprint density at radius 1 is 1.11 bits per heavy atom. The number of allylic oxidation sites excluding steroid dienone is 1. The van der Waals surface area contributed by atoms with Gasteiger partial charge < -0.3 is 5.01 Å². The Morgan fingerprint density at radius 2 is 1.67 bits per heavy atom. The lowest BCUT2D eigenvalue weighted by Crippen LogP contribution is -2.24. The highest BCUT2D eigenvalue weighted by Crippen LogP contribution is 2.10. The molecule has 0 atom stereocenters. The highest BCUT2D eigenvalue weighted by molar-refractivity contribution is 5.28. The van der Waals surface area contributed by atoms with E-state index in [1.165, 1.54) is 25.7 Å². The number of hydrogen-bond donors (Lipinski definition) is 1. The standard InChI is InChI=1S/C11H23N3.2C2H6/c1-4-6-7-8-9-11(13-3)10-14(12)5-2;2*1-2/h10H,3-9,12H2,1-2H3;2*1-2H3/b11-10-;;.